The number of ether oxygens (including phenoxy) is 3. The average molecular weight is 1700 g/mol. The molecule has 9 aromatic carbocycles. The molecule has 0 amide bonds. The number of terminal acetylenes is 1. The molecule has 0 atom stereocenters. The third-order valence-corrected chi connectivity index (χ3v) is 24.6. The number of thiophene rings is 2. The van der Waals surface area contributed by atoms with Gasteiger partial charge >= 0.3 is 35.0 Å². The van der Waals surface area contributed by atoms with Crippen LogP contribution in [0.3, 0.4) is 0 Å². The van der Waals surface area contributed by atoms with E-state index in [0.29, 0.717) is 0 Å². The van der Waals surface area contributed by atoms with Gasteiger partial charge in [0.15, 0.2) is 0 Å². The summed E-state index contributed by atoms with van der Waals surface area (Å²) < 4.78 is 19.8. The Hall–Kier alpha value is -6.48. The van der Waals surface area contributed by atoms with Crippen LogP contribution in [0.15, 0.2) is 274 Å². The minimum absolute atomic E-state index is 0.106. The zero-order valence-corrected chi connectivity index (χ0v) is 69.7. The average Bonchev–Trinajstić information content (AvgIpc) is 1.76. The fraction of sp³-hybridized carbons (Fsp3) is 0.253. The molecule has 0 aliphatic heterocycles. The maximum Gasteiger partial charge on any atom is -0.0134 e. The Morgan fingerprint density at radius 3 is 0.932 bits per heavy atom. The molecule has 0 unspecified atom stereocenters. The van der Waals surface area contributed by atoms with E-state index in [2.05, 4.69) is 290 Å². The molecule has 2 aromatic heterocycles. The van der Waals surface area contributed by atoms with Gasteiger partial charge in [-0.1, -0.05) is 309 Å². The Balaban J connectivity index is 0.000000217. The number of rotatable bonds is 27. The van der Waals surface area contributed by atoms with Gasteiger partial charge in [0.05, 0.1) is 29.6 Å². The van der Waals surface area contributed by atoms with Gasteiger partial charge in [-0.25, -0.2) is 0 Å². The molecule has 12 heteroatoms. The topological polar surface area (TPSA) is 27.7 Å². The third-order valence-electron chi connectivity index (χ3n) is 15.8. The monoisotopic (exact) mass is 1700 g/mol. The van der Waals surface area contributed by atoms with Gasteiger partial charge in [0.2, 0.25) is 7.57 Å². The Bertz CT molecular complexity index is 3850. The maximum absolute atomic E-state index is 5.86. The summed E-state index contributed by atoms with van der Waals surface area (Å²) >= 11 is 9.62. The zero-order valence-electron chi connectivity index (χ0n) is 60.0. The summed E-state index contributed by atoms with van der Waals surface area (Å²) in [6, 6.07) is 92.7. The van der Waals surface area contributed by atoms with E-state index in [-0.39, 0.29) is 15.9 Å². The van der Waals surface area contributed by atoms with E-state index < -0.39 is 15.8 Å². The first-order valence-electron chi connectivity index (χ1n) is 35.5. The Labute approximate surface area is 661 Å². The zero-order chi connectivity index (χ0) is 73.2. The van der Waals surface area contributed by atoms with Gasteiger partial charge < -0.3 is 14.2 Å². The summed E-state index contributed by atoms with van der Waals surface area (Å²) in [5.41, 5.74) is 5.36. The largest absolute Gasteiger partial charge is 0.0622 e. The number of halogens is 4. The Kier molecular flexibility index (Phi) is 44.2. The van der Waals surface area contributed by atoms with Gasteiger partial charge in [0, 0.05) is 60.2 Å². The second-order valence-corrected chi connectivity index (χ2v) is 35.8. The van der Waals surface area contributed by atoms with E-state index in [1.54, 1.807) is 11.3 Å². The van der Waals surface area contributed by atoms with E-state index >= 15 is 0 Å². The van der Waals surface area contributed by atoms with E-state index in [4.69, 9.17) is 39.7 Å². The fourth-order valence-electron chi connectivity index (χ4n) is 10.3. The summed E-state index contributed by atoms with van der Waals surface area (Å²) in [5.74, 6) is 18.5. The first-order valence-corrected chi connectivity index (χ1v) is 45.5. The maximum atomic E-state index is 5.86. The van der Waals surface area contributed by atoms with Crippen LogP contribution >= 0.6 is 89.4 Å². The van der Waals surface area contributed by atoms with Crippen LogP contribution < -0.4 is 46.0 Å². The van der Waals surface area contributed by atoms with Crippen molar-refractivity contribution in [3.8, 4) is 53.3 Å². The number of aryl methyl sites for hydroxylation is 2. The molecule has 103 heavy (non-hydrogen) atoms. The molecular weight excluding hydrogens is 1600 g/mol. The molecule has 0 N–H and O–H groups in total. The van der Waals surface area contributed by atoms with Crippen LogP contribution in [0.5, 0.6) is 17.2 Å². The van der Waals surface area contributed by atoms with E-state index in [1.807, 2.05) is 72.8 Å². The predicted octanol–water partition coefficient (Wildman–Crippen LogP) is 25.2. The summed E-state index contributed by atoms with van der Waals surface area (Å²) in [6.07, 6.45) is 24.1. The molecule has 0 saturated carbocycles. The molecule has 11 rings (SSSR count). The Morgan fingerprint density at radius 1 is 0.379 bits per heavy atom. The number of hydrogen-bond donors (Lipinski definition) is 0. The normalized spacial score (nSPS) is 10.2. The van der Waals surface area contributed by atoms with Crippen LogP contribution in [0, 0.1) is 49.9 Å². The molecule has 0 fully saturated rings. The molecular formula is C91H97Br2Cl2O3P2PdS2+. The summed E-state index contributed by atoms with van der Waals surface area (Å²) in [5, 5.41) is 8.39. The third kappa shape index (κ3) is 34.5. The van der Waals surface area contributed by atoms with Crippen LogP contribution in [-0.2, 0) is 15.9 Å². The molecule has 11 aromatic rings. The first kappa shape index (κ1) is 85.5. The van der Waals surface area contributed by atoms with Crippen LogP contribution in [0.1, 0.15) is 155 Å². The fourth-order valence-corrected chi connectivity index (χ4v) is 18.8. The molecule has 538 valence electrons. The Morgan fingerprint density at radius 2 is 0.670 bits per heavy atom. The van der Waals surface area contributed by atoms with Gasteiger partial charge in [0.1, 0.15) is 17.2 Å². The van der Waals surface area contributed by atoms with Gasteiger partial charge in [-0.15, -0.1) is 17.8 Å². The van der Waals surface area contributed by atoms with E-state index in [0.717, 1.165) is 88.3 Å². The predicted molar refractivity (Wildman–Crippen MR) is 459 cm³/mol. The molecule has 0 aliphatic carbocycles. The van der Waals surface area contributed by atoms with Gasteiger partial charge in [-0.3, -0.25) is 0 Å². The molecule has 0 spiro atoms. The van der Waals surface area contributed by atoms with Crippen LogP contribution in [0.2, 0.25) is 0 Å². The van der Waals surface area contributed by atoms with Gasteiger partial charge in [-0.05, 0) is 177 Å². The molecule has 0 radical (unpaired) electrons. The van der Waals surface area contributed by atoms with Crippen molar-refractivity contribution < 1.29 is 30.2 Å². The van der Waals surface area contributed by atoms with Crippen molar-refractivity contribution in [1.29, 1.82) is 0 Å². The number of benzene rings is 9. The van der Waals surface area contributed by atoms with Crippen molar-refractivity contribution in [2.45, 2.75) is 131 Å². The summed E-state index contributed by atoms with van der Waals surface area (Å²) in [4.78, 5) is 2.09. The summed E-state index contributed by atoms with van der Waals surface area (Å²) in [7, 11) is 8.74. The first-order chi connectivity index (χ1) is 50.5. The molecule has 0 aliphatic rings. The van der Waals surface area contributed by atoms with Crippen molar-refractivity contribution in [2.24, 2.45) is 0 Å². The van der Waals surface area contributed by atoms with Crippen molar-refractivity contribution in [2.75, 3.05) is 19.8 Å². The minimum atomic E-state index is -0.446. The second-order valence-electron chi connectivity index (χ2n) is 23.9. The number of unbranched alkanes of at least 4 members (excludes halogenated alkanes) is 12. The van der Waals surface area contributed by atoms with Crippen molar-refractivity contribution >= 4 is 121 Å². The van der Waals surface area contributed by atoms with Gasteiger partial charge in [-0.2, -0.15) is 0 Å². The molecule has 2 heterocycles. The molecule has 3 nitrogen and oxygen atoms in total. The van der Waals surface area contributed by atoms with Crippen molar-refractivity contribution in [3.63, 3.8) is 0 Å². The van der Waals surface area contributed by atoms with Crippen LogP contribution in [0.25, 0.3) is 0 Å². The standard InChI is InChI=1S/C35H42O2S.2C18H15P.C15H20O.C5H4Br2S.2ClH.Pd/c1-4-6-8-10-12-26-36-32-20-14-30(15-21-32)18-24-34-28-29(3)35(38-34)25-19-31-16-22-33(23-17-31)37-27-13-11-9-7-5-2;2*1-4-10-16(11-5-1)19(17-12-6-2-7-13-17)18-14-8-3-9-15-18;1-3-5-6-7-8-13-16-15-11-9-14(4-2)10-12-15;1-3-2-4(6)8-5(3)7;;;/h14-17,20-23,28H,4-13,26-27H2,1-3H3;2*1-15H;2,9-12H,3,5-8,13H2,1H3;2H,1H3;2*1H;/q;;;;;;;+2/p-1. The van der Waals surface area contributed by atoms with Gasteiger partial charge in [0.25, 0.3) is 0 Å². The smallest absolute Gasteiger partial charge is 0.0134 e. The number of hydrogen-bond acceptors (Lipinski definition) is 4. The van der Waals surface area contributed by atoms with E-state index in [1.165, 1.54) is 133 Å². The van der Waals surface area contributed by atoms with Crippen LogP contribution in [0.4, 0.5) is 0 Å². The SMILES string of the molecule is C#Cc1ccc(OCCCCCCC)cc1.CCCCCCCOc1ccc(C#Cc2cc(C)c(C#Cc3ccc(OCCCCCCC)cc3)s2)cc1.Cc1cc(Br)[sH+]c1Br.[Cl][Pd][Cl].c1ccc(P(c2ccccc2)c2ccccc2)cc1.c1ccc(P(c2ccccc2)c2ccccc2)cc1. The van der Waals surface area contributed by atoms with Crippen molar-refractivity contribution in [1.82, 2.24) is 0 Å². The second kappa shape index (κ2) is 53.3. The molecule has 0 bridgehead atoms. The van der Waals surface area contributed by atoms with E-state index in [9.17, 15) is 0 Å². The van der Waals surface area contributed by atoms with Crippen molar-refractivity contribution in [3.05, 3.63) is 312 Å². The molecule has 0 saturated heterocycles. The van der Waals surface area contributed by atoms with Crippen LogP contribution in [-0.4, -0.2) is 19.8 Å². The quantitative estimate of drug-likeness (QED) is 0.0169. The summed E-state index contributed by atoms with van der Waals surface area (Å²) in [6.45, 7) is 13.3. The minimum Gasteiger partial charge on any atom is -0.0622 e.